The maximum atomic E-state index is 13.4. The van der Waals surface area contributed by atoms with Crippen molar-refractivity contribution in [3.63, 3.8) is 0 Å². The number of carbonyl (C=O) groups is 1. The van der Waals surface area contributed by atoms with Gasteiger partial charge in [-0.05, 0) is 48.5 Å². The molecule has 3 aromatic carbocycles. The van der Waals surface area contributed by atoms with Crippen molar-refractivity contribution in [2.75, 3.05) is 6.61 Å². The van der Waals surface area contributed by atoms with Gasteiger partial charge in [0.25, 0.3) is 0 Å². The molecule has 0 amide bonds. The Bertz CT molecular complexity index is 832. The quantitative estimate of drug-likeness (QED) is 0.487. The van der Waals surface area contributed by atoms with Crippen LogP contribution in [0.1, 0.15) is 0 Å². The topological polar surface area (TPSA) is 44.8 Å². The van der Waals surface area contributed by atoms with E-state index < -0.39 is 11.8 Å². The highest BCUT2D eigenvalue weighted by Gasteiger charge is 2.09. The summed E-state index contributed by atoms with van der Waals surface area (Å²) in [6.07, 6.45) is 0. The average molecular weight is 338 g/mol. The normalized spacial score (nSPS) is 10.1. The fourth-order valence-electron chi connectivity index (χ4n) is 2.06. The van der Waals surface area contributed by atoms with E-state index in [9.17, 15) is 9.18 Å². The lowest BCUT2D eigenvalue weighted by atomic mass is 10.3. The number of ether oxygens (including phenoxy) is 3. The minimum atomic E-state index is -0.625. The van der Waals surface area contributed by atoms with Crippen LogP contribution < -0.4 is 14.2 Å². The second-order valence-electron chi connectivity index (χ2n) is 5.08. The van der Waals surface area contributed by atoms with Crippen molar-refractivity contribution in [2.45, 2.75) is 0 Å². The van der Waals surface area contributed by atoms with Gasteiger partial charge in [0.1, 0.15) is 17.2 Å². The number of para-hydroxylation sites is 2. The van der Waals surface area contributed by atoms with Crippen LogP contribution in [0.25, 0.3) is 0 Å². The molecule has 0 spiro atoms. The van der Waals surface area contributed by atoms with Gasteiger partial charge in [-0.25, -0.2) is 9.18 Å². The van der Waals surface area contributed by atoms with E-state index in [0.717, 1.165) is 0 Å². The average Bonchev–Trinajstić information content (AvgIpc) is 2.64. The summed E-state index contributed by atoms with van der Waals surface area (Å²) in [7, 11) is 0. The van der Waals surface area contributed by atoms with Crippen LogP contribution >= 0.6 is 0 Å². The van der Waals surface area contributed by atoms with Crippen LogP contribution in [0.15, 0.2) is 78.9 Å². The van der Waals surface area contributed by atoms with Crippen molar-refractivity contribution in [2.24, 2.45) is 0 Å². The summed E-state index contributed by atoms with van der Waals surface area (Å²) in [5, 5.41) is 0. The Morgan fingerprint density at radius 3 is 2.08 bits per heavy atom. The maximum Gasteiger partial charge on any atom is 0.349 e. The lowest BCUT2D eigenvalue weighted by molar-refractivity contribution is -0.136. The Balaban J connectivity index is 1.52. The van der Waals surface area contributed by atoms with Crippen LogP contribution in [-0.4, -0.2) is 12.6 Å². The van der Waals surface area contributed by atoms with Crippen LogP contribution in [0.3, 0.4) is 0 Å². The van der Waals surface area contributed by atoms with Gasteiger partial charge in [0.15, 0.2) is 18.2 Å². The molecule has 0 heterocycles. The largest absolute Gasteiger partial charge is 0.479 e. The zero-order chi connectivity index (χ0) is 17.5. The smallest absolute Gasteiger partial charge is 0.349 e. The first-order valence-electron chi connectivity index (χ1n) is 7.62. The molecule has 0 atom stereocenters. The first-order chi connectivity index (χ1) is 12.2. The first-order valence-corrected chi connectivity index (χ1v) is 7.62. The molecule has 25 heavy (non-hydrogen) atoms. The predicted octanol–water partition coefficient (Wildman–Crippen LogP) is 4.60. The number of halogens is 1. The minimum absolute atomic E-state index is 0.00561. The van der Waals surface area contributed by atoms with Crippen LogP contribution in [0.5, 0.6) is 23.0 Å². The summed E-state index contributed by atoms with van der Waals surface area (Å²) < 4.78 is 29.3. The van der Waals surface area contributed by atoms with E-state index in [1.54, 1.807) is 36.4 Å². The van der Waals surface area contributed by atoms with Crippen molar-refractivity contribution in [3.05, 3.63) is 84.7 Å². The van der Waals surface area contributed by atoms with E-state index in [1.165, 1.54) is 12.1 Å². The Kier molecular flexibility index (Phi) is 5.26. The van der Waals surface area contributed by atoms with Gasteiger partial charge in [0, 0.05) is 0 Å². The van der Waals surface area contributed by atoms with E-state index in [1.807, 2.05) is 30.3 Å². The van der Waals surface area contributed by atoms with Crippen molar-refractivity contribution >= 4 is 5.97 Å². The van der Waals surface area contributed by atoms with E-state index in [4.69, 9.17) is 14.2 Å². The zero-order valence-electron chi connectivity index (χ0n) is 13.2. The molecule has 0 aliphatic carbocycles. The molecule has 0 saturated carbocycles. The van der Waals surface area contributed by atoms with Crippen molar-refractivity contribution in [1.29, 1.82) is 0 Å². The van der Waals surface area contributed by atoms with E-state index in [-0.39, 0.29) is 12.4 Å². The molecular weight excluding hydrogens is 323 g/mol. The van der Waals surface area contributed by atoms with Gasteiger partial charge in [0.05, 0.1) is 0 Å². The summed E-state index contributed by atoms with van der Waals surface area (Å²) >= 11 is 0. The standard InChI is InChI=1S/C20H15FO4/c21-18-8-4-5-9-19(18)23-14-20(22)25-17-12-10-16(11-13-17)24-15-6-2-1-3-7-15/h1-13H,14H2. The molecule has 3 aromatic rings. The fourth-order valence-corrected chi connectivity index (χ4v) is 2.06. The summed E-state index contributed by atoms with van der Waals surface area (Å²) in [6, 6.07) is 21.8. The van der Waals surface area contributed by atoms with E-state index >= 15 is 0 Å². The monoisotopic (exact) mass is 338 g/mol. The minimum Gasteiger partial charge on any atom is -0.479 e. The molecule has 0 aliphatic heterocycles. The van der Waals surface area contributed by atoms with Crippen LogP contribution in [0, 0.1) is 5.82 Å². The molecule has 126 valence electrons. The number of benzene rings is 3. The van der Waals surface area contributed by atoms with Gasteiger partial charge < -0.3 is 14.2 Å². The van der Waals surface area contributed by atoms with Crippen molar-refractivity contribution in [1.82, 2.24) is 0 Å². The number of hydrogen-bond acceptors (Lipinski definition) is 4. The van der Waals surface area contributed by atoms with Crippen molar-refractivity contribution in [3.8, 4) is 23.0 Å². The molecule has 0 aliphatic rings. The Hall–Kier alpha value is -3.34. The van der Waals surface area contributed by atoms with Gasteiger partial charge in [-0.3, -0.25) is 0 Å². The zero-order valence-corrected chi connectivity index (χ0v) is 13.2. The summed E-state index contributed by atoms with van der Waals surface area (Å²) in [6.45, 7) is -0.386. The van der Waals surface area contributed by atoms with Gasteiger partial charge >= 0.3 is 5.97 Å². The highest BCUT2D eigenvalue weighted by Crippen LogP contribution is 2.23. The molecule has 0 radical (unpaired) electrons. The van der Waals surface area contributed by atoms with Crippen LogP contribution in [0.4, 0.5) is 4.39 Å². The molecule has 0 bridgehead atoms. The van der Waals surface area contributed by atoms with Gasteiger partial charge in [-0.2, -0.15) is 0 Å². The molecule has 0 aromatic heterocycles. The third-order valence-corrected chi connectivity index (χ3v) is 3.22. The summed E-state index contributed by atoms with van der Waals surface area (Å²) in [5.41, 5.74) is 0. The van der Waals surface area contributed by atoms with E-state index in [2.05, 4.69) is 0 Å². The van der Waals surface area contributed by atoms with Gasteiger partial charge in [0.2, 0.25) is 0 Å². The molecule has 4 nitrogen and oxygen atoms in total. The molecule has 0 N–H and O–H groups in total. The van der Waals surface area contributed by atoms with Gasteiger partial charge in [-0.1, -0.05) is 30.3 Å². The lowest BCUT2D eigenvalue weighted by Crippen LogP contribution is -2.18. The van der Waals surface area contributed by atoms with Gasteiger partial charge in [-0.15, -0.1) is 0 Å². The lowest BCUT2D eigenvalue weighted by Gasteiger charge is -2.08. The number of esters is 1. The Morgan fingerprint density at radius 2 is 1.36 bits per heavy atom. The molecule has 0 unspecified atom stereocenters. The summed E-state index contributed by atoms with van der Waals surface area (Å²) in [5.74, 6) is 0.533. The van der Waals surface area contributed by atoms with Crippen LogP contribution in [0.2, 0.25) is 0 Å². The van der Waals surface area contributed by atoms with E-state index in [0.29, 0.717) is 17.2 Å². The second kappa shape index (κ2) is 7.97. The third kappa shape index (κ3) is 4.81. The Morgan fingerprint density at radius 1 is 0.760 bits per heavy atom. The molecule has 5 heteroatoms. The molecule has 0 fully saturated rings. The SMILES string of the molecule is O=C(COc1ccccc1F)Oc1ccc(Oc2ccccc2)cc1. The third-order valence-electron chi connectivity index (χ3n) is 3.22. The number of carbonyl (C=O) groups excluding carboxylic acids is 1. The molecule has 0 saturated heterocycles. The highest BCUT2D eigenvalue weighted by molar-refractivity contribution is 5.74. The van der Waals surface area contributed by atoms with Crippen molar-refractivity contribution < 1.29 is 23.4 Å². The first kappa shape index (κ1) is 16.5. The fraction of sp³-hybridized carbons (Fsp3) is 0.0500. The second-order valence-corrected chi connectivity index (χ2v) is 5.08. The maximum absolute atomic E-state index is 13.4. The van der Waals surface area contributed by atoms with Crippen LogP contribution in [-0.2, 0) is 4.79 Å². The summed E-state index contributed by atoms with van der Waals surface area (Å²) in [4.78, 5) is 11.8. The number of rotatable bonds is 6. The molecular formula is C20H15FO4. The number of hydrogen-bond donors (Lipinski definition) is 0. The predicted molar refractivity (Wildman–Crippen MR) is 90.5 cm³/mol. The Labute approximate surface area is 144 Å². The molecule has 3 rings (SSSR count). The highest BCUT2D eigenvalue weighted by atomic mass is 19.1.